The Morgan fingerprint density at radius 1 is 1.00 bits per heavy atom. The van der Waals surface area contributed by atoms with E-state index in [9.17, 15) is 21.6 Å². The van der Waals surface area contributed by atoms with Crippen LogP contribution in [0.15, 0.2) is 65.6 Å². The molecule has 0 radical (unpaired) electrons. The molecule has 0 unspecified atom stereocenters. The minimum atomic E-state index is -4.82. The summed E-state index contributed by atoms with van der Waals surface area (Å²) in [5, 5.41) is -0.601. The average molecular weight is 413 g/mol. The van der Waals surface area contributed by atoms with Crippen molar-refractivity contribution in [1.82, 2.24) is 5.06 Å². The molecule has 0 bridgehead atoms. The molecule has 3 atom stereocenters. The molecule has 3 rings (SSSR count). The molecule has 1 heterocycles. The lowest BCUT2D eigenvalue weighted by Crippen LogP contribution is -2.43. The number of unbranched alkanes of at least 4 members (excludes halogenated alkanes) is 1. The summed E-state index contributed by atoms with van der Waals surface area (Å²) >= 11 is 0. The van der Waals surface area contributed by atoms with Crippen LogP contribution in [0, 0.1) is 0 Å². The van der Waals surface area contributed by atoms with Crippen LogP contribution >= 0.6 is 0 Å². The van der Waals surface area contributed by atoms with Gasteiger partial charge in [0.1, 0.15) is 5.25 Å². The quantitative estimate of drug-likeness (QED) is 0.697. The van der Waals surface area contributed by atoms with E-state index >= 15 is 0 Å². The largest absolute Gasteiger partial charge is 0.418 e. The number of hydrogen-bond donors (Lipinski definition) is 0. The minimum Gasteiger partial charge on any atom is -0.284 e. The monoisotopic (exact) mass is 413 g/mol. The highest BCUT2D eigenvalue weighted by molar-refractivity contribution is 7.92. The molecule has 0 amide bonds. The van der Waals surface area contributed by atoms with Crippen molar-refractivity contribution in [3.05, 3.63) is 66.2 Å². The fourth-order valence-corrected chi connectivity index (χ4v) is 5.47. The van der Waals surface area contributed by atoms with Gasteiger partial charge in [-0.15, -0.1) is 0 Å². The SMILES string of the molecule is CCCCN1O[C@H](C(F)(F)F)[C@@H](S(=O)(=O)c2ccccc2)[C@@H]1c1ccccc1. The van der Waals surface area contributed by atoms with E-state index in [-0.39, 0.29) is 11.4 Å². The zero-order chi connectivity index (χ0) is 20.4. The Labute approximate surface area is 162 Å². The van der Waals surface area contributed by atoms with Crippen LogP contribution in [-0.2, 0) is 14.7 Å². The third-order valence-electron chi connectivity index (χ3n) is 4.79. The van der Waals surface area contributed by atoms with Gasteiger partial charge >= 0.3 is 6.18 Å². The number of hydrogen-bond acceptors (Lipinski definition) is 4. The molecule has 0 saturated carbocycles. The molecular weight excluding hydrogens is 391 g/mol. The molecule has 4 nitrogen and oxygen atoms in total. The van der Waals surface area contributed by atoms with Gasteiger partial charge in [0.05, 0.1) is 10.9 Å². The normalized spacial score (nSPS) is 23.8. The van der Waals surface area contributed by atoms with E-state index in [4.69, 9.17) is 4.84 Å². The van der Waals surface area contributed by atoms with Gasteiger partial charge in [0.2, 0.25) is 0 Å². The van der Waals surface area contributed by atoms with Crippen LogP contribution in [-0.4, -0.2) is 37.6 Å². The predicted octanol–water partition coefficient (Wildman–Crippen LogP) is 4.55. The average Bonchev–Trinajstić information content (AvgIpc) is 3.08. The molecule has 1 saturated heterocycles. The number of benzene rings is 2. The first-order valence-electron chi connectivity index (χ1n) is 9.11. The fourth-order valence-electron chi connectivity index (χ4n) is 3.46. The van der Waals surface area contributed by atoms with E-state index in [1.54, 1.807) is 36.4 Å². The first-order valence-corrected chi connectivity index (χ1v) is 10.7. The van der Waals surface area contributed by atoms with Crippen molar-refractivity contribution in [3.63, 3.8) is 0 Å². The van der Waals surface area contributed by atoms with E-state index in [2.05, 4.69) is 0 Å². The summed E-state index contributed by atoms with van der Waals surface area (Å²) in [5.74, 6) is 0. The molecule has 28 heavy (non-hydrogen) atoms. The van der Waals surface area contributed by atoms with Gasteiger partial charge in [-0.25, -0.2) is 8.42 Å². The Bertz CT molecular complexity index is 873. The Hall–Kier alpha value is -1.90. The number of sulfone groups is 1. The summed E-state index contributed by atoms with van der Waals surface area (Å²) in [6.07, 6.45) is -5.92. The van der Waals surface area contributed by atoms with Crippen molar-refractivity contribution >= 4 is 9.84 Å². The van der Waals surface area contributed by atoms with Crippen molar-refractivity contribution in [2.24, 2.45) is 0 Å². The Balaban J connectivity index is 2.14. The van der Waals surface area contributed by atoms with Gasteiger partial charge in [-0.3, -0.25) is 4.84 Å². The first-order chi connectivity index (χ1) is 13.3. The fraction of sp³-hybridized carbons (Fsp3) is 0.400. The van der Waals surface area contributed by atoms with Gasteiger partial charge in [-0.05, 0) is 24.1 Å². The van der Waals surface area contributed by atoms with Crippen LogP contribution in [0.1, 0.15) is 31.4 Å². The lowest BCUT2D eigenvalue weighted by molar-refractivity contribution is -0.267. The number of alkyl halides is 3. The molecule has 0 spiro atoms. The van der Waals surface area contributed by atoms with Crippen molar-refractivity contribution in [2.75, 3.05) is 6.54 Å². The van der Waals surface area contributed by atoms with E-state index in [1.807, 2.05) is 6.92 Å². The van der Waals surface area contributed by atoms with Crippen LogP contribution in [0.25, 0.3) is 0 Å². The first kappa shape index (κ1) is 20.8. The zero-order valence-electron chi connectivity index (χ0n) is 15.3. The van der Waals surface area contributed by atoms with Crippen LogP contribution in [0.4, 0.5) is 13.2 Å². The molecule has 0 aliphatic carbocycles. The van der Waals surface area contributed by atoms with Crippen molar-refractivity contribution < 1.29 is 26.4 Å². The maximum absolute atomic E-state index is 13.8. The van der Waals surface area contributed by atoms with Gasteiger partial charge in [-0.1, -0.05) is 61.9 Å². The molecule has 1 aliphatic rings. The summed E-state index contributed by atoms with van der Waals surface area (Å²) in [6.45, 7) is 2.12. The van der Waals surface area contributed by atoms with Crippen molar-refractivity contribution in [1.29, 1.82) is 0 Å². The summed E-state index contributed by atoms with van der Waals surface area (Å²) in [5.41, 5.74) is 0.481. The predicted molar refractivity (Wildman–Crippen MR) is 99.1 cm³/mol. The highest BCUT2D eigenvalue weighted by atomic mass is 32.2. The molecule has 0 N–H and O–H groups in total. The number of hydroxylamine groups is 2. The molecule has 2 aromatic carbocycles. The lowest BCUT2D eigenvalue weighted by atomic mass is 10.0. The Morgan fingerprint density at radius 2 is 1.57 bits per heavy atom. The standard InChI is InChI=1S/C20H22F3NO3S/c1-2-3-14-24-17(15-10-6-4-7-11-15)18(19(27-24)20(21,22)23)28(25,26)16-12-8-5-9-13-16/h4-13,17-19H,2-3,14H2,1H3/t17-,18-,19-/m0/s1. The van der Waals surface area contributed by atoms with Gasteiger partial charge in [0.15, 0.2) is 15.9 Å². The Kier molecular flexibility index (Phi) is 6.12. The smallest absolute Gasteiger partial charge is 0.284 e. The molecule has 1 aliphatic heterocycles. The van der Waals surface area contributed by atoms with Crippen LogP contribution in [0.2, 0.25) is 0 Å². The summed E-state index contributed by atoms with van der Waals surface area (Å²) in [4.78, 5) is 5.10. The van der Waals surface area contributed by atoms with Crippen LogP contribution in [0.3, 0.4) is 0 Å². The van der Waals surface area contributed by atoms with E-state index in [0.717, 1.165) is 6.42 Å². The third-order valence-corrected chi connectivity index (χ3v) is 6.95. The molecule has 1 fully saturated rings. The van der Waals surface area contributed by atoms with Gasteiger partial charge in [0, 0.05) is 6.54 Å². The zero-order valence-corrected chi connectivity index (χ0v) is 16.2. The molecule has 0 aromatic heterocycles. The molecule has 152 valence electrons. The lowest BCUT2D eigenvalue weighted by Gasteiger charge is -2.26. The second-order valence-electron chi connectivity index (χ2n) is 6.74. The van der Waals surface area contributed by atoms with E-state index in [1.165, 1.54) is 29.3 Å². The second kappa shape index (κ2) is 8.23. The Morgan fingerprint density at radius 3 is 2.11 bits per heavy atom. The van der Waals surface area contributed by atoms with E-state index in [0.29, 0.717) is 12.0 Å². The van der Waals surface area contributed by atoms with Crippen LogP contribution < -0.4 is 0 Å². The van der Waals surface area contributed by atoms with Gasteiger partial charge < -0.3 is 0 Å². The maximum Gasteiger partial charge on any atom is 0.418 e. The maximum atomic E-state index is 13.8. The summed E-state index contributed by atoms with van der Waals surface area (Å²) < 4.78 is 68.1. The number of nitrogens with zero attached hydrogens (tertiary/aromatic N) is 1. The van der Waals surface area contributed by atoms with Crippen molar-refractivity contribution in [2.45, 2.75) is 48.2 Å². The molecular formula is C20H22F3NO3S. The highest BCUT2D eigenvalue weighted by Gasteiger charge is 2.61. The molecule has 8 heteroatoms. The van der Waals surface area contributed by atoms with E-state index < -0.39 is 33.4 Å². The topological polar surface area (TPSA) is 46.6 Å². The second-order valence-corrected chi connectivity index (χ2v) is 8.85. The summed E-state index contributed by atoms with van der Waals surface area (Å²) in [7, 11) is -4.31. The van der Waals surface area contributed by atoms with Crippen molar-refractivity contribution in [3.8, 4) is 0 Å². The van der Waals surface area contributed by atoms with Crippen LogP contribution in [0.5, 0.6) is 0 Å². The minimum absolute atomic E-state index is 0.142. The highest BCUT2D eigenvalue weighted by Crippen LogP contribution is 2.46. The summed E-state index contributed by atoms with van der Waals surface area (Å²) in [6, 6.07) is 14.6. The third kappa shape index (κ3) is 4.09. The van der Waals surface area contributed by atoms with Gasteiger partial charge in [0.25, 0.3) is 0 Å². The number of rotatable bonds is 6. The molecule has 2 aromatic rings. The number of halogens is 3. The van der Waals surface area contributed by atoms with Gasteiger partial charge in [-0.2, -0.15) is 18.2 Å².